The maximum Gasteiger partial charge on any atom is 0.220 e. The number of hydrogen-bond acceptors (Lipinski definition) is 4. The van der Waals surface area contributed by atoms with E-state index < -0.39 is 0 Å². The summed E-state index contributed by atoms with van der Waals surface area (Å²) >= 11 is 0. The second kappa shape index (κ2) is 6.22. The lowest BCUT2D eigenvalue weighted by molar-refractivity contribution is -0.119. The van der Waals surface area contributed by atoms with E-state index in [4.69, 9.17) is 9.26 Å². The van der Waals surface area contributed by atoms with E-state index >= 15 is 0 Å². The molecule has 1 aromatic heterocycles. The molecule has 1 fully saturated rings. The molecule has 0 aliphatic carbocycles. The fourth-order valence-corrected chi connectivity index (χ4v) is 2.71. The van der Waals surface area contributed by atoms with Gasteiger partial charge in [-0.25, -0.2) is 0 Å². The Morgan fingerprint density at radius 3 is 2.77 bits per heavy atom. The first-order valence-electron chi connectivity index (χ1n) is 7.63. The molecule has 2 aromatic rings. The summed E-state index contributed by atoms with van der Waals surface area (Å²) in [5.41, 5.74) is 3.02. The highest BCUT2D eigenvalue weighted by Gasteiger charge is 2.22. The highest BCUT2D eigenvalue weighted by molar-refractivity contribution is 5.78. The molecule has 0 radical (unpaired) electrons. The average molecular weight is 300 g/mol. The van der Waals surface area contributed by atoms with Gasteiger partial charge in [-0.3, -0.25) is 4.79 Å². The van der Waals surface area contributed by atoms with Crippen LogP contribution in [0.25, 0.3) is 0 Å². The van der Waals surface area contributed by atoms with Gasteiger partial charge in [-0.05, 0) is 31.0 Å². The van der Waals surface area contributed by atoms with Gasteiger partial charge in [0, 0.05) is 12.8 Å². The van der Waals surface area contributed by atoms with Gasteiger partial charge in [-0.15, -0.1) is 0 Å². The molecule has 5 nitrogen and oxygen atoms in total. The third-order valence-corrected chi connectivity index (χ3v) is 4.05. The zero-order chi connectivity index (χ0) is 15.5. The van der Waals surface area contributed by atoms with E-state index in [0.717, 1.165) is 41.2 Å². The molecule has 0 bridgehead atoms. The minimum absolute atomic E-state index is 0.125. The summed E-state index contributed by atoms with van der Waals surface area (Å²) in [4.78, 5) is 11.3. The molecule has 1 unspecified atom stereocenters. The number of ether oxygens (including phenoxy) is 1. The molecule has 22 heavy (non-hydrogen) atoms. The molecule has 2 heterocycles. The van der Waals surface area contributed by atoms with Crippen LogP contribution in [0, 0.1) is 6.92 Å². The maximum absolute atomic E-state index is 11.3. The standard InChI is InChI=1S/C17H20N2O3/c1-3-16-14(11(2)19-22-16)10-21-13-6-4-12(5-7-13)15-8-9-17(20)18-15/h4-7,15H,3,8-10H2,1-2H3,(H,18,20). The first kappa shape index (κ1) is 14.6. The quantitative estimate of drug-likeness (QED) is 0.921. The lowest BCUT2D eigenvalue weighted by Gasteiger charge is -2.11. The summed E-state index contributed by atoms with van der Waals surface area (Å²) in [5, 5.41) is 6.94. The number of carbonyl (C=O) groups is 1. The highest BCUT2D eigenvalue weighted by atomic mass is 16.5. The fraction of sp³-hybridized carbons (Fsp3) is 0.412. The first-order valence-corrected chi connectivity index (χ1v) is 7.63. The predicted octanol–water partition coefficient (Wildman–Crippen LogP) is 3.08. The van der Waals surface area contributed by atoms with Crippen molar-refractivity contribution in [3.8, 4) is 5.75 Å². The molecule has 3 rings (SSSR count). The first-order chi connectivity index (χ1) is 10.7. The number of aryl methyl sites for hydroxylation is 2. The van der Waals surface area contributed by atoms with E-state index in [9.17, 15) is 4.79 Å². The Hall–Kier alpha value is -2.30. The topological polar surface area (TPSA) is 64.4 Å². The van der Waals surface area contributed by atoms with Crippen LogP contribution >= 0.6 is 0 Å². The number of aromatic nitrogens is 1. The minimum Gasteiger partial charge on any atom is -0.489 e. The monoisotopic (exact) mass is 300 g/mol. The van der Waals surface area contributed by atoms with Crippen LogP contribution in [0.3, 0.4) is 0 Å². The number of carbonyl (C=O) groups excluding carboxylic acids is 1. The van der Waals surface area contributed by atoms with E-state index in [0.29, 0.717) is 13.0 Å². The summed E-state index contributed by atoms with van der Waals surface area (Å²) in [6.45, 7) is 4.42. The highest BCUT2D eigenvalue weighted by Crippen LogP contribution is 2.26. The van der Waals surface area contributed by atoms with Crippen LogP contribution in [0.4, 0.5) is 0 Å². The molecule has 1 aromatic carbocycles. The second-order valence-corrected chi connectivity index (χ2v) is 5.54. The van der Waals surface area contributed by atoms with E-state index in [1.165, 1.54) is 0 Å². The molecule has 1 aliphatic rings. The van der Waals surface area contributed by atoms with Crippen molar-refractivity contribution in [1.82, 2.24) is 10.5 Å². The Morgan fingerprint density at radius 2 is 2.14 bits per heavy atom. The Bertz CT molecular complexity index is 661. The number of nitrogens with one attached hydrogen (secondary N) is 1. The normalized spacial score (nSPS) is 17.5. The van der Waals surface area contributed by atoms with Crippen LogP contribution in [0.1, 0.15) is 48.4 Å². The van der Waals surface area contributed by atoms with Gasteiger partial charge < -0.3 is 14.6 Å². The van der Waals surface area contributed by atoms with Crippen molar-refractivity contribution in [3.05, 3.63) is 46.8 Å². The number of hydrogen-bond donors (Lipinski definition) is 1. The zero-order valence-corrected chi connectivity index (χ0v) is 12.9. The molecule has 0 saturated carbocycles. The number of amides is 1. The van der Waals surface area contributed by atoms with Crippen LogP contribution in [0.15, 0.2) is 28.8 Å². The molecular weight excluding hydrogens is 280 g/mol. The molecule has 1 saturated heterocycles. The largest absolute Gasteiger partial charge is 0.489 e. The van der Waals surface area contributed by atoms with Crippen LogP contribution in [-0.2, 0) is 17.8 Å². The van der Waals surface area contributed by atoms with Crippen molar-refractivity contribution >= 4 is 5.91 Å². The summed E-state index contributed by atoms with van der Waals surface area (Å²) in [6, 6.07) is 8.02. The molecule has 0 spiro atoms. The molecule has 1 N–H and O–H groups in total. The van der Waals surface area contributed by atoms with Gasteiger partial charge in [0.25, 0.3) is 0 Å². The maximum atomic E-state index is 11.3. The van der Waals surface area contributed by atoms with E-state index in [-0.39, 0.29) is 11.9 Å². The van der Waals surface area contributed by atoms with Crippen molar-refractivity contribution in [2.24, 2.45) is 0 Å². The summed E-state index contributed by atoms with van der Waals surface area (Å²) < 4.78 is 11.1. The Kier molecular flexibility index (Phi) is 4.13. The van der Waals surface area contributed by atoms with Gasteiger partial charge in [-0.1, -0.05) is 24.2 Å². The number of nitrogens with zero attached hydrogens (tertiary/aromatic N) is 1. The van der Waals surface area contributed by atoms with Gasteiger partial charge in [0.05, 0.1) is 17.3 Å². The summed E-state index contributed by atoms with van der Waals surface area (Å²) in [6.07, 6.45) is 2.27. The van der Waals surface area contributed by atoms with Gasteiger partial charge in [0.15, 0.2) is 0 Å². The lowest BCUT2D eigenvalue weighted by Crippen LogP contribution is -2.18. The Morgan fingerprint density at radius 1 is 1.36 bits per heavy atom. The Balaban J connectivity index is 1.64. The molecular formula is C17H20N2O3. The summed E-state index contributed by atoms with van der Waals surface area (Å²) in [5.74, 6) is 1.80. The van der Waals surface area contributed by atoms with Crippen molar-refractivity contribution in [1.29, 1.82) is 0 Å². The van der Waals surface area contributed by atoms with Gasteiger partial charge >= 0.3 is 0 Å². The van der Waals surface area contributed by atoms with Crippen molar-refractivity contribution in [2.75, 3.05) is 0 Å². The summed E-state index contributed by atoms with van der Waals surface area (Å²) in [7, 11) is 0. The van der Waals surface area contributed by atoms with Crippen LogP contribution in [0.5, 0.6) is 5.75 Å². The van der Waals surface area contributed by atoms with Crippen LogP contribution in [0.2, 0.25) is 0 Å². The fourth-order valence-electron chi connectivity index (χ4n) is 2.71. The average Bonchev–Trinajstić information content (AvgIpc) is 3.12. The van der Waals surface area contributed by atoms with Crippen LogP contribution < -0.4 is 10.1 Å². The zero-order valence-electron chi connectivity index (χ0n) is 12.9. The smallest absolute Gasteiger partial charge is 0.220 e. The third kappa shape index (κ3) is 2.98. The molecule has 1 atom stereocenters. The number of rotatable bonds is 5. The SMILES string of the molecule is CCc1onc(C)c1COc1ccc(C2CCC(=O)N2)cc1. The lowest BCUT2D eigenvalue weighted by atomic mass is 10.1. The molecule has 1 aliphatic heterocycles. The second-order valence-electron chi connectivity index (χ2n) is 5.54. The van der Waals surface area contributed by atoms with Crippen molar-refractivity contribution in [2.45, 2.75) is 45.8 Å². The third-order valence-electron chi connectivity index (χ3n) is 4.05. The predicted molar refractivity (Wildman–Crippen MR) is 81.5 cm³/mol. The number of benzene rings is 1. The van der Waals surface area contributed by atoms with Gasteiger partial charge in [0.1, 0.15) is 18.1 Å². The van der Waals surface area contributed by atoms with E-state index in [2.05, 4.69) is 10.5 Å². The van der Waals surface area contributed by atoms with Crippen molar-refractivity contribution in [3.63, 3.8) is 0 Å². The Labute approximate surface area is 129 Å². The van der Waals surface area contributed by atoms with E-state index in [1.807, 2.05) is 38.1 Å². The van der Waals surface area contributed by atoms with Crippen molar-refractivity contribution < 1.29 is 14.1 Å². The van der Waals surface area contributed by atoms with Crippen LogP contribution in [-0.4, -0.2) is 11.1 Å². The molecule has 5 heteroatoms. The molecule has 1 amide bonds. The molecule has 116 valence electrons. The van der Waals surface area contributed by atoms with Gasteiger partial charge in [0.2, 0.25) is 5.91 Å². The van der Waals surface area contributed by atoms with Gasteiger partial charge in [-0.2, -0.15) is 0 Å². The minimum atomic E-state index is 0.125. The van der Waals surface area contributed by atoms with E-state index in [1.54, 1.807) is 0 Å².